The first-order valence-corrected chi connectivity index (χ1v) is 9.11. The van der Waals surface area contributed by atoms with Gasteiger partial charge in [0.15, 0.2) is 0 Å². The van der Waals surface area contributed by atoms with Crippen molar-refractivity contribution in [3.63, 3.8) is 0 Å². The highest BCUT2D eigenvalue weighted by Gasteiger charge is 2.44. The number of nitrogens with one attached hydrogen (secondary N) is 1. The van der Waals surface area contributed by atoms with Gasteiger partial charge in [0.25, 0.3) is 0 Å². The Balaban J connectivity index is 2.41. The van der Waals surface area contributed by atoms with Crippen LogP contribution in [0.25, 0.3) is 0 Å². The Bertz CT molecular complexity index is 611. The average molecular weight is 402 g/mol. The van der Waals surface area contributed by atoms with E-state index in [4.69, 9.17) is 28.9 Å². The van der Waals surface area contributed by atoms with Gasteiger partial charge in [0, 0.05) is 16.6 Å². The molecular formula is C12H15BrCl2N2O2S. The normalized spacial score (nSPS) is 18.9. The molecule has 3 N–H and O–H groups in total. The Labute approximate surface area is 137 Å². The highest BCUT2D eigenvalue weighted by Crippen LogP contribution is 2.41. The van der Waals surface area contributed by atoms with E-state index in [1.807, 2.05) is 6.92 Å². The second-order valence-corrected chi connectivity index (χ2v) is 8.55. The molecule has 0 bridgehead atoms. The molecule has 1 aliphatic rings. The highest BCUT2D eigenvalue weighted by molar-refractivity contribution is 9.10. The first-order valence-electron chi connectivity index (χ1n) is 6.08. The lowest BCUT2D eigenvalue weighted by Gasteiger charge is -2.29. The number of hydrogen-bond donors (Lipinski definition) is 2. The van der Waals surface area contributed by atoms with Crippen molar-refractivity contribution in [1.29, 1.82) is 0 Å². The lowest BCUT2D eigenvalue weighted by molar-refractivity contribution is 0.374. The van der Waals surface area contributed by atoms with Crippen LogP contribution in [0.5, 0.6) is 0 Å². The molecular weight excluding hydrogens is 387 g/mol. The molecule has 20 heavy (non-hydrogen) atoms. The number of hydrogen-bond acceptors (Lipinski definition) is 3. The minimum atomic E-state index is -3.83. The van der Waals surface area contributed by atoms with Crippen molar-refractivity contribution in [3.05, 3.63) is 26.7 Å². The third-order valence-electron chi connectivity index (χ3n) is 3.50. The molecule has 8 heteroatoms. The molecule has 1 aliphatic carbocycles. The second-order valence-electron chi connectivity index (χ2n) is 5.20. The molecule has 112 valence electrons. The van der Waals surface area contributed by atoms with Gasteiger partial charge in [-0.1, -0.05) is 39.1 Å². The minimum Gasteiger partial charge on any atom is -0.329 e. The molecule has 0 saturated heterocycles. The maximum absolute atomic E-state index is 12.5. The molecule has 1 unspecified atom stereocenters. The summed E-state index contributed by atoms with van der Waals surface area (Å²) >= 11 is 15.3. The van der Waals surface area contributed by atoms with Crippen molar-refractivity contribution in [2.24, 2.45) is 11.7 Å². The zero-order valence-corrected chi connectivity index (χ0v) is 14.7. The molecule has 0 aromatic heterocycles. The van der Waals surface area contributed by atoms with E-state index in [1.54, 1.807) is 0 Å². The number of halogens is 3. The van der Waals surface area contributed by atoms with Crippen molar-refractivity contribution in [3.8, 4) is 0 Å². The van der Waals surface area contributed by atoms with Crippen LogP contribution >= 0.6 is 39.1 Å². The van der Waals surface area contributed by atoms with E-state index < -0.39 is 15.6 Å². The van der Waals surface area contributed by atoms with Crippen LogP contribution in [0.1, 0.15) is 19.8 Å². The van der Waals surface area contributed by atoms with E-state index >= 15 is 0 Å². The summed E-state index contributed by atoms with van der Waals surface area (Å²) in [6.45, 7) is 2.03. The van der Waals surface area contributed by atoms with Gasteiger partial charge in [-0.05, 0) is 37.8 Å². The largest absolute Gasteiger partial charge is 0.329 e. The predicted molar refractivity (Wildman–Crippen MR) is 84.7 cm³/mol. The SMILES string of the molecule is CC(CN)(NS(=O)(=O)c1c(Cl)cc(Br)cc1Cl)C1CC1. The van der Waals surface area contributed by atoms with Crippen LogP contribution < -0.4 is 10.5 Å². The first-order chi connectivity index (χ1) is 9.19. The van der Waals surface area contributed by atoms with Gasteiger partial charge in [-0.3, -0.25) is 0 Å². The van der Waals surface area contributed by atoms with Crippen molar-refractivity contribution >= 4 is 49.2 Å². The van der Waals surface area contributed by atoms with Gasteiger partial charge >= 0.3 is 0 Å². The smallest absolute Gasteiger partial charge is 0.244 e. The van der Waals surface area contributed by atoms with Crippen molar-refractivity contribution in [2.75, 3.05) is 6.54 Å². The summed E-state index contributed by atoms with van der Waals surface area (Å²) in [6, 6.07) is 3.00. The maximum Gasteiger partial charge on any atom is 0.244 e. The maximum atomic E-state index is 12.5. The average Bonchev–Trinajstić information content (AvgIpc) is 3.09. The molecule has 1 aromatic carbocycles. The molecule has 1 atom stereocenters. The van der Waals surface area contributed by atoms with Crippen molar-refractivity contribution < 1.29 is 8.42 Å². The number of sulfonamides is 1. The third-order valence-corrected chi connectivity index (χ3v) is 6.49. The van der Waals surface area contributed by atoms with E-state index in [1.165, 1.54) is 12.1 Å². The van der Waals surface area contributed by atoms with E-state index in [0.717, 1.165) is 12.8 Å². The summed E-state index contributed by atoms with van der Waals surface area (Å²) in [5.74, 6) is 0.260. The summed E-state index contributed by atoms with van der Waals surface area (Å²) in [6.07, 6.45) is 1.94. The highest BCUT2D eigenvalue weighted by atomic mass is 79.9. The van der Waals surface area contributed by atoms with Crippen LogP contribution in [0.2, 0.25) is 10.0 Å². The molecule has 0 amide bonds. The predicted octanol–water partition coefficient (Wildman–Crippen LogP) is 3.16. The van der Waals surface area contributed by atoms with Crippen LogP contribution in [-0.4, -0.2) is 20.5 Å². The lowest BCUT2D eigenvalue weighted by atomic mass is 9.98. The summed E-state index contributed by atoms with van der Waals surface area (Å²) in [5.41, 5.74) is 5.06. The van der Waals surface area contributed by atoms with Gasteiger partial charge < -0.3 is 5.73 Å². The van der Waals surface area contributed by atoms with Crippen molar-refractivity contribution in [2.45, 2.75) is 30.2 Å². The van der Waals surface area contributed by atoms with E-state index in [0.29, 0.717) is 4.47 Å². The third kappa shape index (κ3) is 3.31. The Morgan fingerprint density at radius 1 is 1.40 bits per heavy atom. The van der Waals surface area contributed by atoms with Gasteiger partial charge in [-0.2, -0.15) is 0 Å². The zero-order chi connectivity index (χ0) is 15.1. The quantitative estimate of drug-likeness (QED) is 0.795. The standard InChI is InChI=1S/C12H15BrCl2N2O2S/c1-12(6-16,7-2-3-7)17-20(18,19)11-9(14)4-8(13)5-10(11)15/h4-5,7,17H,2-3,6,16H2,1H3. The fourth-order valence-electron chi connectivity index (χ4n) is 2.16. The van der Waals surface area contributed by atoms with Crippen LogP contribution in [0.4, 0.5) is 0 Å². The summed E-state index contributed by atoms with van der Waals surface area (Å²) < 4.78 is 28.4. The topological polar surface area (TPSA) is 72.2 Å². The van der Waals surface area contributed by atoms with Crippen molar-refractivity contribution in [1.82, 2.24) is 4.72 Å². The molecule has 0 heterocycles. The molecule has 4 nitrogen and oxygen atoms in total. The van der Waals surface area contributed by atoms with Crippen LogP contribution in [0.3, 0.4) is 0 Å². The summed E-state index contributed by atoms with van der Waals surface area (Å²) in [5, 5.41) is 0.152. The molecule has 0 radical (unpaired) electrons. The number of benzene rings is 1. The molecule has 2 rings (SSSR count). The van der Waals surface area contributed by atoms with E-state index in [-0.39, 0.29) is 27.4 Å². The van der Waals surface area contributed by atoms with Crippen LogP contribution in [0.15, 0.2) is 21.5 Å². The summed E-state index contributed by atoms with van der Waals surface area (Å²) in [4.78, 5) is -0.107. The fourth-order valence-corrected chi connectivity index (χ4v) is 5.57. The molecule has 0 spiro atoms. The Morgan fingerprint density at radius 2 is 1.90 bits per heavy atom. The number of nitrogens with two attached hydrogens (primary N) is 1. The second kappa shape index (κ2) is 5.74. The van der Waals surface area contributed by atoms with E-state index in [9.17, 15) is 8.42 Å². The fraction of sp³-hybridized carbons (Fsp3) is 0.500. The van der Waals surface area contributed by atoms with Crippen LogP contribution in [-0.2, 0) is 10.0 Å². The van der Waals surface area contributed by atoms with Gasteiger partial charge in [-0.15, -0.1) is 0 Å². The van der Waals surface area contributed by atoms with Crippen LogP contribution in [0, 0.1) is 5.92 Å². The number of rotatable bonds is 5. The molecule has 1 aromatic rings. The Morgan fingerprint density at radius 3 is 2.30 bits per heavy atom. The Hall–Kier alpha value is 0.150. The molecule has 1 saturated carbocycles. The van der Waals surface area contributed by atoms with Gasteiger partial charge in [0.05, 0.1) is 10.0 Å². The first kappa shape index (κ1) is 16.5. The Kier molecular flexibility index (Phi) is 4.74. The van der Waals surface area contributed by atoms with Gasteiger partial charge in [-0.25, -0.2) is 13.1 Å². The molecule has 0 aliphatic heterocycles. The zero-order valence-electron chi connectivity index (χ0n) is 10.8. The lowest BCUT2D eigenvalue weighted by Crippen LogP contribution is -2.53. The van der Waals surface area contributed by atoms with Gasteiger partial charge in [0.1, 0.15) is 4.90 Å². The monoisotopic (exact) mass is 400 g/mol. The van der Waals surface area contributed by atoms with Gasteiger partial charge in [0.2, 0.25) is 10.0 Å². The molecule has 1 fully saturated rings. The summed E-state index contributed by atoms with van der Waals surface area (Å²) in [7, 11) is -3.83. The minimum absolute atomic E-state index is 0.0760. The van der Waals surface area contributed by atoms with E-state index in [2.05, 4.69) is 20.7 Å².